The zero-order valence-electron chi connectivity index (χ0n) is 23.3. The van der Waals surface area contributed by atoms with Crippen molar-refractivity contribution in [3.05, 3.63) is 54.2 Å². The summed E-state index contributed by atoms with van der Waals surface area (Å²) in [6, 6.07) is 18.6. The number of thiazole rings is 1. The number of ketones is 1. The van der Waals surface area contributed by atoms with E-state index >= 15 is 0 Å². The number of Topliss-reactive ketones (excluding diaryl/α,β-unsaturated/α-hetero) is 1. The van der Waals surface area contributed by atoms with Crippen LogP contribution >= 0.6 is 11.3 Å². The molecule has 2 aliphatic carbocycles. The molecule has 0 N–H and O–H groups in total. The second-order valence-corrected chi connectivity index (χ2v) is 15.0. The Balaban J connectivity index is 1.36. The Kier molecular flexibility index (Phi) is 7.64. The van der Waals surface area contributed by atoms with E-state index < -0.39 is 15.3 Å². The van der Waals surface area contributed by atoms with Crippen LogP contribution in [0, 0.1) is 22.7 Å². The van der Waals surface area contributed by atoms with E-state index in [1.54, 1.807) is 18.4 Å². The van der Waals surface area contributed by atoms with Crippen LogP contribution in [0.3, 0.4) is 0 Å². The van der Waals surface area contributed by atoms with Gasteiger partial charge in [-0.2, -0.15) is 5.26 Å². The molecule has 3 aromatic rings. The van der Waals surface area contributed by atoms with Gasteiger partial charge < -0.3 is 9.64 Å². The lowest BCUT2D eigenvalue weighted by Gasteiger charge is -2.31. The van der Waals surface area contributed by atoms with E-state index in [-0.39, 0.29) is 29.1 Å². The van der Waals surface area contributed by atoms with Crippen LogP contribution in [0.5, 0.6) is 5.75 Å². The number of hydrogen-bond donors (Lipinski definition) is 0. The van der Waals surface area contributed by atoms with E-state index in [1.807, 2.05) is 24.3 Å². The molecule has 0 bridgehead atoms. The molecule has 1 aromatic heterocycles. The Hall–Kier alpha value is -3.22. The van der Waals surface area contributed by atoms with Crippen molar-refractivity contribution in [3.8, 4) is 32.8 Å². The molecule has 0 radical (unpaired) electrons. The summed E-state index contributed by atoms with van der Waals surface area (Å²) in [6.45, 7) is 1.01. The van der Waals surface area contributed by atoms with E-state index in [4.69, 9.17) is 9.72 Å². The van der Waals surface area contributed by atoms with Crippen molar-refractivity contribution in [3.63, 3.8) is 0 Å². The third-order valence-corrected chi connectivity index (χ3v) is 11.7. The first-order valence-electron chi connectivity index (χ1n) is 14.4. The number of carbonyl (C=O) groups is 1. The quantitative estimate of drug-likeness (QED) is 0.306. The minimum Gasteiger partial charge on any atom is -0.497 e. The summed E-state index contributed by atoms with van der Waals surface area (Å²) in [5.74, 6) is 1.24. The van der Waals surface area contributed by atoms with Crippen molar-refractivity contribution in [1.29, 1.82) is 5.26 Å². The minimum absolute atomic E-state index is 0.0170. The molecule has 3 aliphatic rings. The Morgan fingerprint density at radius 2 is 1.83 bits per heavy atom. The van der Waals surface area contributed by atoms with Gasteiger partial charge >= 0.3 is 0 Å². The average Bonchev–Trinajstić information content (AvgIpc) is 3.63. The lowest BCUT2D eigenvalue weighted by atomic mass is 9.73. The van der Waals surface area contributed by atoms with Crippen LogP contribution < -0.4 is 9.64 Å². The van der Waals surface area contributed by atoms with Crippen molar-refractivity contribution in [2.75, 3.05) is 36.6 Å². The summed E-state index contributed by atoms with van der Waals surface area (Å²) < 4.78 is 29.3. The lowest BCUT2D eigenvalue weighted by Crippen LogP contribution is -2.40. The summed E-state index contributed by atoms with van der Waals surface area (Å²) >= 11 is 1.64. The number of rotatable bonds is 8. The molecule has 41 heavy (non-hydrogen) atoms. The van der Waals surface area contributed by atoms with Crippen LogP contribution in [0.25, 0.3) is 21.0 Å². The summed E-state index contributed by atoms with van der Waals surface area (Å²) in [7, 11) is -1.29. The van der Waals surface area contributed by atoms with Crippen LogP contribution in [-0.4, -0.2) is 50.9 Å². The van der Waals surface area contributed by atoms with Crippen LogP contribution in [0.1, 0.15) is 56.6 Å². The normalized spacial score (nSPS) is 23.0. The van der Waals surface area contributed by atoms with Gasteiger partial charge in [0.2, 0.25) is 0 Å². The van der Waals surface area contributed by atoms with E-state index in [1.165, 1.54) is 0 Å². The first kappa shape index (κ1) is 27.9. The van der Waals surface area contributed by atoms with Crippen LogP contribution in [0.15, 0.2) is 48.5 Å². The van der Waals surface area contributed by atoms with E-state index in [0.29, 0.717) is 19.5 Å². The molecule has 1 aliphatic heterocycles. The molecule has 214 valence electrons. The fourth-order valence-corrected chi connectivity index (χ4v) is 8.59. The summed E-state index contributed by atoms with van der Waals surface area (Å²) in [5.41, 5.74) is 3.57. The monoisotopic (exact) mass is 589 g/mol. The number of carbonyl (C=O) groups excluding carboxylic acids is 1. The largest absolute Gasteiger partial charge is 0.497 e. The second kappa shape index (κ2) is 11.2. The molecule has 2 saturated carbocycles. The number of methoxy groups -OCH3 is 1. The second-order valence-electron chi connectivity index (χ2n) is 11.7. The number of sulfone groups is 1. The first-order valence-corrected chi connectivity index (χ1v) is 17.1. The van der Waals surface area contributed by atoms with Gasteiger partial charge in [0, 0.05) is 42.6 Å². The molecular formula is C32H35N3O4S2. The Bertz CT molecular complexity index is 1570. The first-order chi connectivity index (χ1) is 19.8. The molecule has 0 spiro atoms. The maximum atomic E-state index is 13.6. The van der Waals surface area contributed by atoms with Crippen LogP contribution in [0.2, 0.25) is 0 Å². The summed E-state index contributed by atoms with van der Waals surface area (Å²) in [5, 5.41) is 10.5. The number of benzene rings is 2. The standard InChI is InChI=1S/C32H35N3O4S2/c1-39-25-6-4-5-23(19-25)31-34-29(27-8-3-2-7-26(27)28(36)20-32(21-33)13-14-32)30(40-31)22-9-11-24(12-10-22)35-15-17-41(37,38)18-16-35/h4-6,9-12,19,26-27H,2-3,7-8,13-18,20H2,1H3/t26-,27-/m1/s1. The highest BCUT2D eigenvalue weighted by Crippen LogP contribution is 2.51. The van der Waals surface area contributed by atoms with Gasteiger partial charge in [-0.25, -0.2) is 13.4 Å². The topological polar surface area (TPSA) is 100 Å². The molecule has 0 unspecified atom stereocenters. The lowest BCUT2D eigenvalue weighted by molar-refractivity contribution is -0.125. The minimum atomic E-state index is -2.95. The zero-order valence-corrected chi connectivity index (χ0v) is 25.0. The fourth-order valence-electron chi connectivity index (χ4n) is 6.25. The number of aromatic nitrogens is 1. The van der Waals surface area contributed by atoms with Crippen LogP contribution in [0.4, 0.5) is 5.69 Å². The smallest absolute Gasteiger partial charge is 0.153 e. The van der Waals surface area contributed by atoms with E-state index in [2.05, 4.69) is 35.2 Å². The predicted octanol–water partition coefficient (Wildman–Crippen LogP) is 6.26. The van der Waals surface area contributed by atoms with Gasteiger partial charge in [0.05, 0.1) is 40.7 Å². The SMILES string of the molecule is COc1cccc(-c2nc([C@@H]3CCCC[C@H]3C(=O)CC3(C#N)CC3)c(-c3ccc(N4CCS(=O)(=O)CC4)cc3)s2)c1. The highest BCUT2D eigenvalue weighted by molar-refractivity contribution is 7.91. The number of nitriles is 1. The highest BCUT2D eigenvalue weighted by Gasteiger charge is 2.47. The van der Waals surface area contributed by atoms with E-state index in [9.17, 15) is 18.5 Å². The summed E-state index contributed by atoms with van der Waals surface area (Å²) in [4.78, 5) is 22.0. The molecular weight excluding hydrogens is 555 g/mol. The molecule has 2 atom stereocenters. The Morgan fingerprint density at radius 1 is 1.10 bits per heavy atom. The molecule has 2 heterocycles. The van der Waals surface area contributed by atoms with Gasteiger partial charge in [0.25, 0.3) is 0 Å². The van der Waals surface area contributed by atoms with Crippen molar-refractivity contribution in [2.24, 2.45) is 11.3 Å². The number of anilines is 1. The third kappa shape index (κ3) is 5.91. The third-order valence-electron chi connectivity index (χ3n) is 8.94. The Morgan fingerprint density at radius 3 is 2.51 bits per heavy atom. The van der Waals surface area contributed by atoms with Crippen molar-refractivity contribution < 1.29 is 17.9 Å². The average molecular weight is 590 g/mol. The van der Waals surface area contributed by atoms with Gasteiger partial charge in [-0.3, -0.25) is 4.79 Å². The van der Waals surface area contributed by atoms with E-state index in [0.717, 1.165) is 76.7 Å². The highest BCUT2D eigenvalue weighted by atomic mass is 32.2. The fraction of sp³-hybridized carbons (Fsp3) is 0.469. The zero-order chi connectivity index (χ0) is 28.6. The number of ether oxygens (including phenoxy) is 1. The molecule has 1 saturated heterocycles. The summed E-state index contributed by atoms with van der Waals surface area (Å²) in [6.07, 6.45) is 5.83. The molecule has 9 heteroatoms. The maximum absolute atomic E-state index is 13.6. The van der Waals surface area contributed by atoms with Gasteiger partial charge in [0.1, 0.15) is 16.5 Å². The molecule has 2 aromatic carbocycles. The van der Waals surface area contributed by atoms with Crippen molar-refractivity contribution in [2.45, 2.75) is 50.9 Å². The van der Waals surface area contributed by atoms with Crippen LogP contribution in [-0.2, 0) is 14.6 Å². The van der Waals surface area contributed by atoms with Gasteiger partial charge in [-0.15, -0.1) is 11.3 Å². The number of hydrogen-bond acceptors (Lipinski definition) is 8. The molecule has 0 amide bonds. The van der Waals surface area contributed by atoms with Crippen molar-refractivity contribution in [1.82, 2.24) is 4.98 Å². The van der Waals surface area contributed by atoms with Gasteiger partial charge in [0.15, 0.2) is 9.84 Å². The molecule has 6 rings (SSSR count). The Labute approximate surface area is 246 Å². The molecule has 3 fully saturated rings. The predicted molar refractivity (Wildman–Crippen MR) is 162 cm³/mol. The van der Waals surface area contributed by atoms with Gasteiger partial charge in [-0.05, 0) is 55.5 Å². The number of nitrogens with zero attached hydrogens (tertiary/aromatic N) is 3. The van der Waals surface area contributed by atoms with Crippen molar-refractivity contribution >= 4 is 32.6 Å². The molecule has 7 nitrogen and oxygen atoms in total. The maximum Gasteiger partial charge on any atom is 0.153 e. The van der Waals surface area contributed by atoms with Gasteiger partial charge in [-0.1, -0.05) is 37.1 Å².